The molecule has 0 heterocycles. The summed E-state index contributed by atoms with van der Waals surface area (Å²) in [6.45, 7) is 7.06. The second-order valence-electron chi connectivity index (χ2n) is 4.76. The summed E-state index contributed by atoms with van der Waals surface area (Å²) in [7, 11) is 0. The lowest BCUT2D eigenvalue weighted by Crippen LogP contribution is -2.12. The normalized spacial score (nSPS) is 11.3. The third kappa shape index (κ3) is 5.48. The molecule has 18 heavy (non-hydrogen) atoms. The average Bonchev–Trinajstić information content (AvgIpc) is 2.24. The van der Waals surface area contributed by atoms with E-state index in [4.69, 9.17) is 9.84 Å². The number of benzene rings is 1. The maximum absolute atomic E-state index is 10.9. The Morgan fingerprint density at radius 2 is 2.11 bits per heavy atom. The molecular weight excluding hydrogens is 363 g/mol. The fraction of sp³-hybridized carbons (Fsp3) is 0.462. The molecule has 0 unspecified atom stereocenters. The van der Waals surface area contributed by atoms with Gasteiger partial charge in [-0.2, -0.15) is 11.8 Å². The number of hydrogen-bond acceptors (Lipinski definition) is 3. The van der Waals surface area contributed by atoms with E-state index in [9.17, 15) is 4.79 Å². The summed E-state index contributed by atoms with van der Waals surface area (Å²) in [5, 5.41) is 8.92. The van der Waals surface area contributed by atoms with Gasteiger partial charge in [0, 0.05) is 10.5 Å². The standard InChI is InChI=1S/C13H17IO3S/c1-13(2,3)18-7-6-17-11-8-9(12(15)16)4-5-10(11)14/h4-5,8H,6-7H2,1-3H3,(H,15,16). The molecule has 1 rings (SSSR count). The van der Waals surface area contributed by atoms with Crippen LogP contribution in [-0.4, -0.2) is 28.2 Å². The number of aromatic carboxylic acids is 1. The highest BCUT2D eigenvalue weighted by Gasteiger charge is 2.11. The summed E-state index contributed by atoms with van der Waals surface area (Å²) in [4.78, 5) is 10.9. The van der Waals surface area contributed by atoms with Gasteiger partial charge in [0.05, 0.1) is 15.7 Å². The van der Waals surface area contributed by atoms with Gasteiger partial charge in [0.2, 0.25) is 0 Å². The second-order valence-corrected chi connectivity index (χ2v) is 7.84. The van der Waals surface area contributed by atoms with Crippen LogP contribution in [0, 0.1) is 3.57 Å². The minimum Gasteiger partial charge on any atom is -0.492 e. The van der Waals surface area contributed by atoms with E-state index in [1.54, 1.807) is 18.2 Å². The van der Waals surface area contributed by atoms with Gasteiger partial charge < -0.3 is 9.84 Å². The van der Waals surface area contributed by atoms with Crippen molar-refractivity contribution in [3.8, 4) is 5.75 Å². The van der Waals surface area contributed by atoms with Gasteiger partial charge in [0.15, 0.2) is 0 Å². The average molecular weight is 380 g/mol. The highest BCUT2D eigenvalue weighted by atomic mass is 127. The molecule has 0 radical (unpaired) electrons. The summed E-state index contributed by atoms with van der Waals surface area (Å²) in [5.74, 6) is 0.599. The Balaban J connectivity index is 2.56. The van der Waals surface area contributed by atoms with Gasteiger partial charge in [-0.15, -0.1) is 0 Å². The van der Waals surface area contributed by atoms with Gasteiger partial charge >= 0.3 is 5.97 Å². The van der Waals surface area contributed by atoms with Crippen LogP contribution in [0.15, 0.2) is 18.2 Å². The van der Waals surface area contributed by atoms with Crippen molar-refractivity contribution < 1.29 is 14.6 Å². The molecule has 1 aromatic carbocycles. The monoisotopic (exact) mass is 380 g/mol. The third-order valence-corrected chi connectivity index (χ3v) is 4.18. The van der Waals surface area contributed by atoms with E-state index >= 15 is 0 Å². The largest absolute Gasteiger partial charge is 0.492 e. The number of carbonyl (C=O) groups is 1. The van der Waals surface area contributed by atoms with Crippen molar-refractivity contribution in [1.82, 2.24) is 0 Å². The van der Waals surface area contributed by atoms with E-state index in [1.165, 1.54) is 0 Å². The van der Waals surface area contributed by atoms with Gasteiger partial charge in [0.25, 0.3) is 0 Å². The van der Waals surface area contributed by atoms with Crippen LogP contribution in [-0.2, 0) is 0 Å². The van der Waals surface area contributed by atoms with E-state index < -0.39 is 5.97 Å². The molecule has 0 amide bonds. The van der Waals surface area contributed by atoms with Crippen molar-refractivity contribution in [1.29, 1.82) is 0 Å². The van der Waals surface area contributed by atoms with E-state index in [-0.39, 0.29) is 10.3 Å². The molecule has 0 bridgehead atoms. The molecule has 0 fully saturated rings. The topological polar surface area (TPSA) is 46.5 Å². The maximum atomic E-state index is 10.9. The first kappa shape index (κ1) is 15.6. The molecule has 5 heteroatoms. The molecule has 0 aliphatic heterocycles. The Morgan fingerprint density at radius 1 is 1.44 bits per heavy atom. The summed E-state index contributed by atoms with van der Waals surface area (Å²) in [6, 6.07) is 4.92. The Kier molecular flexibility index (Phi) is 5.78. The molecule has 0 saturated heterocycles. The minimum absolute atomic E-state index is 0.222. The molecule has 1 N–H and O–H groups in total. The first-order valence-corrected chi connectivity index (χ1v) is 7.65. The third-order valence-electron chi connectivity index (χ3n) is 2.05. The van der Waals surface area contributed by atoms with Crippen LogP contribution in [0.2, 0.25) is 0 Å². The molecule has 0 aliphatic carbocycles. The number of thioether (sulfide) groups is 1. The molecule has 100 valence electrons. The zero-order chi connectivity index (χ0) is 13.8. The van der Waals surface area contributed by atoms with Crippen molar-refractivity contribution in [3.05, 3.63) is 27.3 Å². The predicted molar refractivity (Wildman–Crippen MR) is 83.8 cm³/mol. The summed E-state index contributed by atoms with van der Waals surface area (Å²) >= 11 is 3.97. The summed E-state index contributed by atoms with van der Waals surface area (Å²) < 4.78 is 6.78. The zero-order valence-electron chi connectivity index (χ0n) is 10.7. The van der Waals surface area contributed by atoms with Crippen LogP contribution in [0.1, 0.15) is 31.1 Å². The van der Waals surface area contributed by atoms with E-state index in [0.717, 1.165) is 9.32 Å². The van der Waals surface area contributed by atoms with Crippen LogP contribution in [0.3, 0.4) is 0 Å². The number of carboxylic acids is 1. The highest BCUT2D eigenvalue weighted by molar-refractivity contribution is 14.1. The molecule has 0 aromatic heterocycles. The molecule has 0 aliphatic rings. The first-order chi connectivity index (χ1) is 8.29. The fourth-order valence-corrected chi connectivity index (χ4v) is 2.52. The maximum Gasteiger partial charge on any atom is 0.335 e. The molecule has 1 aromatic rings. The number of rotatable bonds is 5. The molecule has 0 atom stereocenters. The minimum atomic E-state index is -0.930. The Morgan fingerprint density at radius 3 is 2.67 bits per heavy atom. The van der Waals surface area contributed by atoms with Gasteiger partial charge in [-0.1, -0.05) is 20.8 Å². The number of carboxylic acid groups (broad SMARTS) is 1. The first-order valence-electron chi connectivity index (χ1n) is 5.59. The molecule has 3 nitrogen and oxygen atoms in total. The van der Waals surface area contributed by atoms with Crippen LogP contribution < -0.4 is 4.74 Å². The molecule has 0 saturated carbocycles. The van der Waals surface area contributed by atoms with Crippen LogP contribution in [0.5, 0.6) is 5.75 Å². The second kappa shape index (κ2) is 6.65. The Hall–Kier alpha value is -0.430. The SMILES string of the molecule is CC(C)(C)SCCOc1cc(C(=O)O)ccc1I. The van der Waals surface area contributed by atoms with Crippen molar-refractivity contribution in [2.45, 2.75) is 25.5 Å². The van der Waals surface area contributed by atoms with Crippen molar-refractivity contribution >= 4 is 40.3 Å². The summed E-state index contributed by atoms with van der Waals surface area (Å²) in [5.41, 5.74) is 0.258. The Bertz CT molecular complexity index is 427. The van der Waals surface area contributed by atoms with Crippen molar-refractivity contribution in [2.75, 3.05) is 12.4 Å². The summed E-state index contributed by atoms with van der Waals surface area (Å²) in [6.07, 6.45) is 0. The molecular formula is C13H17IO3S. The van der Waals surface area contributed by atoms with Crippen LogP contribution >= 0.6 is 34.4 Å². The quantitative estimate of drug-likeness (QED) is 0.622. The van der Waals surface area contributed by atoms with Crippen LogP contribution in [0.25, 0.3) is 0 Å². The number of hydrogen-bond donors (Lipinski definition) is 1. The van der Waals surface area contributed by atoms with E-state index in [2.05, 4.69) is 43.4 Å². The van der Waals surface area contributed by atoms with Gasteiger partial charge in [0.1, 0.15) is 5.75 Å². The van der Waals surface area contributed by atoms with Crippen LogP contribution in [0.4, 0.5) is 0 Å². The highest BCUT2D eigenvalue weighted by Crippen LogP contribution is 2.25. The Labute approximate surface area is 125 Å². The van der Waals surface area contributed by atoms with Gasteiger partial charge in [-0.3, -0.25) is 0 Å². The predicted octanol–water partition coefficient (Wildman–Crippen LogP) is 3.90. The smallest absolute Gasteiger partial charge is 0.335 e. The number of halogens is 1. The van der Waals surface area contributed by atoms with Gasteiger partial charge in [-0.25, -0.2) is 4.79 Å². The number of ether oxygens (including phenoxy) is 1. The lowest BCUT2D eigenvalue weighted by molar-refractivity contribution is 0.0696. The van der Waals surface area contributed by atoms with E-state index in [0.29, 0.717) is 12.4 Å². The zero-order valence-corrected chi connectivity index (χ0v) is 13.7. The lowest BCUT2D eigenvalue weighted by atomic mass is 10.2. The molecule has 0 spiro atoms. The fourth-order valence-electron chi connectivity index (χ4n) is 1.25. The van der Waals surface area contributed by atoms with Gasteiger partial charge in [-0.05, 0) is 40.8 Å². The van der Waals surface area contributed by atoms with Crippen molar-refractivity contribution in [3.63, 3.8) is 0 Å². The lowest BCUT2D eigenvalue weighted by Gasteiger charge is -2.17. The van der Waals surface area contributed by atoms with E-state index in [1.807, 2.05) is 11.8 Å². The van der Waals surface area contributed by atoms with Crippen molar-refractivity contribution in [2.24, 2.45) is 0 Å².